The summed E-state index contributed by atoms with van der Waals surface area (Å²) < 4.78 is 8.36. The number of carbonyl (C=O) groups excluding carboxylic acids is 1. The Kier molecular flexibility index (Phi) is 4.22. The van der Waals surface area contributed by atoms with E-state index in [9.17, 15) is 14.9 Å². The molecule has 0 aliphatic rings. The molecular weight excluding hydrogens is 326 g/mol. The van der Waals surface area contributed by atoms with Gasteiger partial charge in [-0.15, -0.1) is 0 Å². The molecule has 3 rings (SSSR count). The first-order valence-corrected chi connectivity index (χ1v) is 7.63. The van der Waals surface area contributed by atoms with Gasteiger partial charge in [0.15, 0.2) is 0 Å². The quantitative estimate of drug-likeness (QED) is 0.399. The SMILES string of the molecule is Cc1ccc2nc(COC(=O)Cn3nc(C)c([N+](=O)[O-])c3C)cn2c1. The van der Waals surface area contributed by atoms with Gasteiger partial charge in [-0.2, -0.15) is 5.10 Å². The number of nitro groups is 1. The standard InChI is InChI=1S/C16H17N5O4/c1-10-4-5-14-17-13(7-19(14)6-10)9-25-15(22)8-20-12(3)16(21(23)24)11(2)18-20/h4-7H,8-9H2,1-3H3. The Labute approximate surface area is 143 Å². The van der Waals surface area contributed by atoms with Crippen LogP contribution in [0.1, 0.15) is 22.6 Å². The van der Waals surface area contributed by atoms with E-state index in [2.05, 4.69) is 10.1 Å². The van der Waals surface area contributed by atoms with E-state index in [4.69, 9.17) is 4.74 Å². The van der Waals surface area contributed by atoms with Crippen molar-refractivity contribution in [3.05, 3.63) is 57.3 Å². The molecule has 0 aromatic carbocycles. The van der Waals surface area contributed by atoms with E-state index in [-0.39, 0.29) is 24.5 Å². The topological polar surface area (TPSA) is 105 Å². The molecule has 0 spiro atoms. The Morgan fingerprint density at radius 1 is 1.28 bits per heavy atom. The van der Waals surface area contributed by atoms with E-state index in [1.807, 2.05) is 29.7 Å². The van der Waals surface area contributed by atoms with E-state index in [1.165, 1.54) is 11.6 Å². The number of aromatic nitrogens is 4. The molecule has 9 nitrogen and oxygen atoms in total. The van der Waals surface area contributed by atoms with Crippen molar-refractivity contribution in [2.24, 2.45) is 0 Å². The normalized spacial score (nSPS) is 11.0. The molecule has 25 heavy (non-hydrogen) atoms. The molecule has 0 saturated heterocycles. The maximum atomic E-state index is 12.0. The average Bonchev–Trinajstić information content (AvgIpc) is 3.05. The first kappa shape index (κ1) is 16.6. The van der Waals surface area contributed by atoms with Gasteiger partial charge < -0.3 is 9.14 Å². The minimum atomic E-state index is -0.534. The molecule has 3 aromatic heterocycles. The van der Waals surface area contributed by atoms with Gasteiger partial charge in [0.05, 0.1) is 10.6 Å². The summed E-state index contributed by atoms with van der Waals surface area (Å²) in [4.78, 5) is 26.9. The van der Waals surface area contributed by atoms with Crippen LogP contribution in [0.5, 0.6) is 0 Å². The van der Waals surface area contributed by atoms with Gasteiger partial charge in [0.2, 0.25) is 0 Å². The van der Waals surface area contributed by atoms with Crippen LogP contribution < -0.4 is 0 Å². The number of hydrogen-bond donors (Lipinski definition) is 0. The molecule has 3 heterocycles. The molecule has 0 bridgehead atoms. The summed E-state index contributed by atoms with van der Waals surface area (Å²) in [7, 11) is 0. The van der Waals surface area contributed by atoms with Gasteiger partial charge >= 0.3 is 11.7 Å². The van der Waals surface area contributed by atoms with Crippen molar-refractivity contribution >= 4 is 17.3 Å². The Bertz CT molecular complexity index is 972. The third-order valence-electron chi connectivity index (χ3n) is 3.83. The number of esters is 1. The van der Waals surface area contributed by atoms with Crippen LogP contribution in [0.2, 0.25) is 0 Å². The van der Waals surface area contributed by atoms with Crippen molar-refractivity contribution in [2.45, 2.75) is 33.9 Å². The summed E-state index contributed by atoms with van der Waals surface area (Å²) in [6.07, 6.45) is 3.73. The highest BCUT2D eigenvalue weighted by atomic mass is 16.6. The molecule has 0 aliphatic carbocycles. The van der Waals surface area contributed by atoms with Crippen LogP contribution in [-0.4, -0.2) is 30.1 Å². The van der Waals surface area contributed by atoms with Crippen LogP contribution in [0.25, 0.3) is 5.65 Å². The maximum absolute atomic E-state index is 12.0. The average molecular weight is 343 g/mol. The molecule has 0 saturated carbocycles. The van der Waals surface area contributed by atoms with Gasteiger partial charge in [0.25, 0.3) is 0 Å². The van der Waals surface area contributed by atoms with Gasteiger partial charge in [-0.05, 0) is 32.4 Å². The van der Waals surface area contributed by atoms with Crippen molar-refractivity contribution < 1.29 is 14.5 Å². The number of fused-ring (bicyclic) bond motifs is 1. The molecule has 0 atom stereocenters. The number of aryl methyl sites for hydroxylation is 2. The summed E-state index contributed by atoms with van der Waals surface area (Å²) in [6, 6.07) is 3.84. The number of pyridine rings is 1. The van der Waals surface area contributed by atoms with E-state index in [0.29, 0.717) is 11.4 Å². The number of rotatable bonds is 5. The fourth-order valence-electron chi connectivity index (χ4n) is 2.65. The molecule has 3 aromatic rings. The molecule has 0 fully saturated rings. The smallest absolute Gasteiger partial charge is 0.328 e. The second kappa shape index (κ2) is 6.34. The molecule has 0 aliphatic heterocycles. The van der Waals surface area contributed by atoms with Crippen molar-refractivity contribution in [3.8, 4) is 0 Å². The van der Waals surface area contributed by atoms with Gasteiger partial charge in [0.1, 0.15) is 30.2 Å². The van der Waals surface area contributed by atoms with Crippen molar-refractivity contribution in [2.75, 3.05) is 0 Å². The summed E-state index contributed by atoms with van der Waals surface area (Å²) in [6.45, 7) is 4.90. The Morgan fingerprint density at radius 2 is 2.04 bits per heavy atom. The lowest BCUT2D eigenvalue weighted by Crippen LogP contribution is -2.15. The Morgan fingerprint density at radius 3 is 2.72 bits per heavy atom. The second-order valence-electron chi connectivity index (χ2n) is 5.80. The van der Waals surface area contributed by atoms with Crippen LogP contribution in [0, 0.1) is 30.9 Å². The van der Waals surface area contributed by atoms with Crippen LogP contribution >= 0.6 is 0 Å². The number of ether oxygens (including phenoxy) is 1. The van der Waals surface area contributed by atoms with E-state index in [0.717, 1.165) is 11.2 Å². The molecular formula is C16H17N5O4. The molecule has 9 heteroatoms. The van der Waals surface area contributed by atoms with Gasteiger partial charge in [-0.3, -0.25) is 19.6 Å². The minimum absolute atomic E-state index is 0.0287. The van der Waals surface area contributed by atoms with Crippen LogP contribution in [0.15, 0.2) is 24.5 Å². The fraction of sp³-hybridized carbons (Fsp3) is 0.312. The van der Waals surface area contributed by atoms with Gasteiger partial charge in [-0.25, -0.2) is 4.98 Å². The lowest BCUT2D eigenvalue weighted by molar-refractivity contribution is -0.386. The Balaban J connectivity index is 1.66. The second-order valence-corrected chi connectivity index (χ2v) is 5.80. The largest absolute Gasteiger partial charge is 0.458 e. The molecule has 0 amide bonds. The lowest BCUT2D eigenvalue weighted by atomic mass is 10.3. The molecule has 0 N–H and O–H groups in total. The number of hydrogen-bond acceptors (Lipinski definition) is 6. The highest BCUT2D eigenvalue weighted by Gasteiger charge is 2.23. The predicted molar refractivity (Wildman–Crippen MR) is 88.1 cm³/mol. The highest BCUT2D eigenvalue weighted by molar-refractivity contribution is 5.69. The minimum Gasteiger partial charge on any atom is -0.458 e. The highest BCUT2D eigenvalue weighted by Crippen LogP contribution is 2.21. The zero-order chi connectivity index (χ0) is 18.1. The van der Waals surface area contributed by atoms with Crippen molar-refractivity contribution in [1.29, 1.82) is 0 Å². The van der Waals surface area contributed by atoms with Crippen molar-refractivity contribution in [1.82, 2.24) is 19.2 Å². The van der Waals surface area contributed by atoms with Crippen LogP contribution in [-0.2, 0) is 22.7 Å². The van der Waals surface area contributed by atoms with E-state index in [1.54, 1.807) is 13.1 Å². The third kappa shape index (κ3) is 3.35. The summed E-state index contributed by atoms with van der Waals surface area (Å²) in [5.74, 6) is -0.534. The number of carbonyl (C=O) groups is 1. The zero-order valence-corrected chi connectivity index (χ0v) is 14.1. The fourth-order valence-corrected chi connectivity index (χ4v) is 2.65. The Hall–Kier alpha value is -3.23. The summed E-state index contributed by atoms with van der Waals surface area (Å²) in [5.41, 5.74) is 3.00. The molecule has 0 unspecified atom stereocenters. The number of nitrogens with zero attached hydrogens (tertiary/aromatic N) is 5. The summed E-state index contributed by atoms with van der Waals surface area (Å²) in [5, 5.41) is 15.0. The van der Waals surface area contributed by atoms with Crippen molar-refractivity contribution in [3.63, 3.8) is 0 Å². The van der Waals surface area contributed by atoms with E-state index < -0.39 is 10.9 Å². The lowest BCUT2D eigenvalue weighted by Gasteiger charge is -2.04. The first-order valence-electron chi connectivity index (χ1n) is 7.63. The zero-order valence-electron chi connectivity index (χ0n) is 14.1. The van der Waals surface area contributed by atoms with E-state index >= 15 is 0 Å². The monoisotopic (exact) mass is 343 g/mol. The third-order valence-corrected chi connectivity index (χ3v) is 3.83. The predicted octanol–water partition coefficient (Wildman–Crippen LogP) is 2.11. The van der Waals surface area contributed by atoms with Crippen LogP contribution in [0.4, 0.5) is 5.69 Å². The van der Waals surface area contributed by atoms with Gasteiger partial charge in [0, 0.05) is 12.4 Å². The maximum Gasteiger partial charge on any atom is 0.328 e. The first-order chi connectivity index (χ1) is 11.8. The summed E-state index contributed by atoms with van der Waals surface area (Å²) >= 11 is 0. The number of imidazole rings is 1. The molecule has 130 valence electrons. The van der Waals surface area contributed by atoms with Gasteiger partial charge in [-0.1, -0.05) is 6.07 Å². The van der Waals surface area contributed by atoms with Crippen LogP contribution in [0.3, 0.4) is 0 Å². The molecule has 0 radical (unpaired) electrons.